The maximum absolute atomic E-state index is 11.1. The molecule has 0 aromatic rings. The summed E-state index contributed by atoms with van der Waals surface area (Å²) in [6.07, 6.45) is 9.39. The molecule has 0 aliphatic carbocycles. The van der Waals surface area contributed by atoms with E-state index in [1.54, 1.807) is 0 Å². The molecule has 0 saturated carbocycles. The van der Waals surface area contributed by atoms with Crippen molar-refractivity contribution < 1.29 is 4.86 Å². The van der Waals surface area contributed by atoms with Gasteiger partial charge >= 0.3 is 161 Å². The molecular formula is C17H37NO2SSn2. The van der Waals surface area contributed by atoms with Gasteiger partial charge in [-0.05, 0) is 0 Å². The van der Waals surface area contributed by atoms with Gasteiger partial charge in [-0.1, -0.05) is 0 Å². The zero-order valence-corrected chi connectivity index (χ0v) is 22.2. The molecule has 0 aromatic carbocycles. The standard InChI is InChI=1S/4C4H9.CNS.H2O.O.2Sn/c4*1-3-4-2;2-1-3;;;;/h4*1,3-4H2,2H3;;1H2;;;/q;;;;-1;;;;+2/p-1. The third-order valence-electron chi connectivity index (χ3n) is 4.41. The van der Waals surface area contributed by atoms with Crippen LogP contribution in [0.3, 0.4) is 0 Å². The van der Waals surface area contributed by atoms with Crippen LogP contribution >= 0.6 is 12.2 Å². The molecule has 6 heteroatoms. The fourth-order valence-electron chi connectivity index (χ4n) is 2.98. The molecule has 23 heavy (non-hydrogen) atoms. The molecule has 1 unspecified atom stereocenters. The summed E-state index contributed by atoms with van der Waals surface area (Å²) in [6.45, 7) is 8.89. The Kier molecular flexibility index (Phi) is 15.3. The number of isothiocyanates is 1. The van der Waals surface area contributed by atoms with Crippen LogP contribution in [-0.2, 0) is 1.41 Å². The Morgan fingerprint density at radius 2 is 1.22 bits per heavy atom. The average Bonchev–Trinajstić information content (AvgIpc) is 2.54. The molecule has 0 fully saturated rings. The van der Waals surface area contributed by atoms with Gasteiger partial charge in [-0.2, -0.15) is 0 Å². The first-order chi connectivity index (χ1) is 11.0. The van der Waals surface area contributed by atoms with Crippen LogP contribution in [0.15, 0.2) is 3.21 Å². The van der Waals surface area contributed by atoms with Crippen LogP contribution in [0.25, 0.3) is 0 Å². The summed E-state index contributed by atoms with van der Waals surface area (Å²) in [5.74, 6) is 0. The van der Waals surface area contributed by atoms with E-state index < -0.39 is 38.3 Å². The van der Waals surface area contributed by atoms with Gasteiger partial charge in [0.15, 0.2) is 0 Å². The molecule has 0 radical (unpaired) electrons. The normalized spacial score (nSPS) is 14.3. The van der Waals surface area contributed by atoms with E-state index in [-0.39, 0.29) is 0 Å². The summed E-state index contributed by atoms with van der Waals surface area (Å²) in [5, 5.41) is 2.47. The van der Waals surface area contributed by atoms with E-state index in [2.05, 4.69) is 36.1 Å². The first kappa shape index (κ1) is 24.3. The van der Waals surface area contributed by atoms with Crippen LogP contribution in [0, 0.1) is 0 Å². The van der Waals surface area contributed by atoms with E-state index in [1.807, 2.05) is 0 Å². The molecule has 1 N–H and O–H groups in total. The fourth-order valence-corrected chi connectivity index (χ4v) is 42.9. The van der Waals surface area contributed by atoms with E-state index in [4.69, 9.17) is 13.6 Å². The molecule has 0 aliphatic heterocycles. The Morgan fingerprint density at radius 1 is 0.826 bits per heavy atom. The van der Waals surface area contributed by atoms with Crippen molar-refractivity contribution in [2.75, 3.05) is 0 Å². The van der Waals surface area contributed by atoms with Gasteiger partial charge in [-0.15, -0.1) is 0 Å². The molecule has 0 aliphatic rings. The van der Waals surface area contributed by atoms with E-state index >= 15 is 0 Å². The van der Waals surface area contributed by atoms with Crippen molar-refractivity contribution in [3.8, 4) is 0 Å². The van der Waals surface area contributed by atoms with Gasteiger partial charge in [0.1, 0.15) is 0 Å². The first-order valence-corrected chi connectivity index (χ1v) is 22.9. The van der Waals surface area contributed by atoms with Crippen LogP contribution in [0.5, 0.6) is 0 Å². The van der Waals surface area contributed by atoms with Crippen LogP contribution in [0.1, 0.15) is 79.1 Å². The second-order valence-electron chi connectivity index (χ2n) is 6.65. The van der Waals surface area contributed by atoms with E-state index in [0.29, 0.717) is 0 Å². The van der Waals surface area contributed by atoms with Crippen LogP contribution in [0.4, 0.5) is 0 Å². The van der Waals surface area contributed by atoms with Gasteiger partial charge in [0.05, 0.1) is 0 Å². The summed E-state index contributed by atoms with van der Waals surface area (Å²) >= 11 is -1.87. The molecule has 3 nitrogen and oxygen atoms in total. The molecule has 0 aromatic heterocycles. The van der Waals surface area contributed by atoms with Crippen molar-refractivity contribution in [3.05, 3.63) is 0 Å². The summed E-state index contributed by atoms with van der Waals surface area (Å²) in [7, 11) is 0. The van der Waals surface area contributed by atoms with E-state index in [9.17, 15) is 3.44 Å². The van der Waals surface area contributed by atoms with Gasteiger partial charge in [-0.3, -0.25) is 0 Å². The Morgan fingerprint density at radius 3 is 1.57 bits per heavy atom. The third-order valence-corrected chi connectivity index (χ3v) is 36.7. The average molecular weight is 557 g/mol. The maximum atomic E-state index is 11.1. The van der Waals surface area contributed by atoms with Gasteiger partial charge in [0.2, 0.25) is 0 Å². The molecule has 0 rings (SSSR count). The molecule has 136 valence electrons. The molecule has 0 spiro atoms. The minimum atomic E-state index is -3.89. The number of rotatable bonds is 15. The topological polar surface area (TPSA) is 41.8 Å². The fraction of sp³-hybridized carbons (Fsp3) is 0.941. The zero-order chi connectivity index (χ0) is 17.6. The molecular weight excluding hydrogens is 520 g/mol. The van der Waals surface area contributed by atoms with Crippen LogP contribution < -0.4 is 0 Å². The SMILES string of the molecule is CCC[CH2][Sn]([CH2]CCC)([CH2]CCC)[O][Sn]([OH])([CH2]CCC)[N]=C=S. The quantitative estimate of drug-likeness (QED) is 0.149. The Hall–Kier alpha value is 1.32. The Balaban J connectivity index is 5.32. The Bertz CT molecular complexity index is 330. The predicted molar refractivity (Wildman–Crippen MR) is 109 cm³/mol. The van der Waals surface area contributed by atoms with Crippen molar-refractivity contribution in [3.63, 3.8) is 0 Å². The van der Waals surface area contributed by atoms with Crippen LogP contribution in [0.2, 0.25) is 17.7 Å². The molecule has 0 amide bonds. The van der Waals surface area contributed by atoms with E-state index in [1.165, 1.54) is 51.8 Å². The molecule has 1 atom stereocenters. The first-order valence-electron chi connectivity index (χ1n) is 9.53. The molecule has 0 heterocycles. The van der Waals surface area contributed by atoms with Crippen molar-refractivity contribution in [2.24, 2.45) is 3.21 Å². The summed E-state index contributed by atoms with van der Waals surface area (Å²) in [4.78, 5) is 0. The van der Waals surface area contributed by atoms with E-state index in [0.717, 1.165) is 17.3 Å². The van der Waals surface area contributed by atoms with Crippen LogP contribution in [-0.4, -0.2) is 46.9 Å². The number of hydrogen-bond donors (Lipinski definition) is 1. The number of thiocarbonyl (C=S) groups is 1. The summed E-state index contributed by atoms with van der Waals surface area (Å²) in [6, 6.07) is 0. The molecule has 0 bridgehead atoms. The Labute approximate surface area is 159 Å². The number of unbranched alkanes of at least 4 members (excludes halogenated alkanes) is 4. The van der Waals surface area contributed by atoms with Gasteiger partial charge in [0.25, 0.3) is 0 Å². The van der Waals surface area contributed by atoms with Gasteiger partial charge < -0.3 is 0 Å². The third kappa shape index (κ3) is 10.8. The van der Waals surface area contributed by atoms with Gasteiger partial charge in [-0.25, -0.2) is 0 Å². The van der Waals surface area contributed by atoms with Gasteiger partial charge in [0, 0.05) is 0 Å². The second kappa shape index (κ2) is 14.5. The zero-order valence-electron chi connectivity index (χ0n) is 15.7. The summed E-state index contributed by atoms with van der Waals surface area (Å²) < 4.78 is 26.6. The van der Waals surface area contributed by atoms with Crippen molar-refractivity contribution >= 4 is 55.6 Å². The van der Waals surface area contributed by atoms with Crippen molar-refractivity contribution in [1.82, 2.24) is 0 Å². The number of hydrogen-bond acceptors (Lipinski definition) is 4. The number of nitrogens with zero attached hydrogens (tertiary/aromatic N) is 1. The van der Waals surface area contributed by atoms with Crippen molar-refractivity contribution in [2.45, 2.75) is 96.8 Å². The monoisotopic (exact) mass is 559 g/mol. The predicted octanol–water partition coefficient (Wildman–Crippen LogP) is 6.18. The second-order valence-corrected chi connectivity index (χ2v) is 28.7. The summed E-state index contributed by atoms with van der Waals surface area (Å²) in [5.41, 5.74) is 0. The molecule has 0 saturated heterocycles. The minimum absolute atomic E-state index is 0.748. The van der Waals surface area contributed by atoms with Crippen molar-refractivity contribution in [1.29, 1.82) is 0 Å².